The van der Waals surface area contributed by atoms with E-state index in [9.17, 15) is 0 Å². The maximum atomic E-state index is 6.00. The first kappa shape index (κ1) is 11.2. The van der Waals surface area contributed by atoms with Crippen molar-refractivity contribution in [1.82, 2.24) is 10.1 Å². The molecule has 4 heteroatoms. The molecule has 0 bridgehead atoms. The molecule has 1 atom stereocenters. The molecule has 80 valence electrons. The third-order valence-electron chi connectivity index (χ3n) is 2.16. The first-order valence-corrected chi connectivity index (χ1v) is 4.91. The van der Waals surface area contributed by atoms with E-state index in [1.165, 1.54) is 0 Å². The van der Waals surface area contributed by atoms with Gasteiger partial charge in [-0.15, -0.1) is 0 Å². The summed E-state index contributed by atoms with van der Waals surface area (Å²) in [6.45, 7) is 10.2. The lowest BCUT2D eigenvalue weighted by Gasteiger charge is -2.23. The summed E-state index contributed by atoms with van der Waals surface area (Å²) in [7, 11) is 0. The lowest BCUT2D eigenvalue weighted by Crippen LogP contribution is -2.27. The van der Waals surface area contributed by atoms with Crippen molar-refractivity contribution in [2.45, 2.75) is 46.6 Å². The Labute approximate surface area is 84.9 Å². The lowest BCUT2D eigenvalue weighted by atomic mass is 9.87. The highest BCUT2D eigenvalue weighted by Gasteiger charge is 2.27. The van der Waals surface area contributed by atoms with Gasteiger partial charge >= 0.3 is 0 Å². The second-order valence-electron chi connectivity index (χ2n) is 4.99. The molecular weight excluding hydrogens is 178 g/mol. The minimum absolute atomic E-state index is 0.0435. The quantitative estimate of drug-likeness (QED) is 0.789. The third-order valence-corrected chi connectivity index (χ3v) is 2.16. The average molecular weight is 197 g/mol. The number of aromatic nitrogens is 2. The fraction of sp³-hybridized carbons (Fsp3) is 0.800. The zero-order valence-corrected chi connectivity index (χ0v) is 9.53. The van der Waals surface area contributed by atoms with Crippen molar-refractivity contribution in [3.63, 3.8) is 0 Å². The van der Waals surface area contributed by atoms with Gasteiger partial charge in [-0.2, -0.15) is 4.98 Å². The summed E-state index contributed by atoms with van der Waals surface area (Å²) >= 11 is 0. The Morgan fingerprint density at radius 3 is 2.21 bits per heavy atom. The van der Waals surface area contributed by atoms with E-state index in [0.717, 1.165) is 0 Å². The fourth-order valence-electron chi connectivity index (χ4n) is 0.995. The molecule has 1 rings (SSSR count). The van der Waals surface area contributed by atoms with E-state index in [1.807, 2.05) is 13.8 Å². The summed E-state index contributed by atoms with van der Waals surface area (Å²) in [5.41, 5.74) is 5.96. The van der Waals surface area contributed by atoms with Crippen LogP contribution in [0.5, 0.6) is 0 Å². The molecule has 1 unspecified atom stereocenters. The van der Waals surface area contributed by atoms with Crippen LogP contribution in [0.25, 0.3) is 0 Å². The fourth-order valence-corrected chi connectivity index (χ4v) is 0.995. The minimum atomic E-state index is -0.182. The van der Waals surface area contributed by atoms with Gasteiger partial charge in [-0.05, 0) is 5.41 Å². The molecule has 0 aliphatic heterocycles. The van der Waals surface area contributed by atoms with Crippen molar-refractivity contribution >= 4 is 0 Å². The molecule has 4 nitrogen and oxygen atoms in total. The summed E-state index contributed by atoms with van der Waals surface area (Å²) in [5.74, 6) is 1.50. The molecule has 0 saturated carbocycles. The van der Waals surface area contributed by atoms with Crippen LogP contribution in [0.15, 0.2) is 4.52 Å². The van der Waals surface area contributed by atoms with Crippen LogP contribution in [-0.2, 0) is 0 Å². The molecule has 2 N–H and O–H groups in total. The molecule has 1 aromatic heterocycles. The minimum Gasteiger partial charge on any atom is -0.339 e. The monoisotopic (exact) mass is 197 g/mol. The zero-order valence-electron chi connectivity index (χ0n) is 9.53. The Morgan fingerprint density at radius 1 is 1.29 bits per heavy atom. The molecule has 0 spiro atoms. The van der Waals surface area contributed by atoms with Crippen LogP contribution in [0, 0.1) is 5.41 Å². The summed E-state index contributed by atoms with van der Waals surface area (Å²) in [6.07, 6.45) is 0. The Bertz CT molecular complexity index is 299. The molecule has 0 aromatic carbocycles. The van der Waals surface area contributed by atoms with Gasteiger partial charge in [0.2, 0.25) is 5.89 Å². The number of nitrogens with two attached hydrogens (primary N) is 1. The number of nitrogens with zero attached hydrogens (tertiary/aromatic N) is 2. The van der Waals surface area contributed by atoms with Crippen LogP contribution in [0.3, 0.4) is 0 Å². The number of hydrogen-bond acceptors (Lipinski definition) is 4. The van der Waals surface area contributed by atoms with Gasteiger partial charge < -0.3 is 10.3 Å². The molecule has 0 amide bonds. The topological polar surface area (TPSA) is 64.9 Å². The SMILES string of the molecule is CC(C)c1nc(C(N)C(C)(C)C)no1. The Balaban J connectivity index is 2.87. The number of hydrogen-bond donors (Lipinski definition) is 1. The van der Waals surface area contributed by atoms with E-state index in [1.54, 1.807) is 0 Å². The summed E-state index contributed by atoms with van der Waals surface area (Å²) < 4.78 is 5.10. The van der Waals surface area contributed by atoms with Crippen molar-refractivity contribution in [3.8, 4) is 0 Å². The molecule has 0 saturated heterocycles. The molecule has 0 aliphatic rings. The Kier molecular flexibility index (Phi) is 2.95. The molecule has 0 fully saturated rings. The van der Waals surface area contributed by atoms with Crippen LogP contribution < -0.4 is 5.73 Å². The van der Waals surface area contributed by atoms with Crippen LogP contribution >= 0.6 is 0 Å². The van der Waals surface area contributed by atoms with Gasteiger partial charge in [0.15, 0.2) is 5.82 Å². The van der Waals surface area contributed by atoms with E-state index < -0.39 is 0 Å². The van der Waals surface area contributed by atoms with Crippen molar-refractivity contribution in [2.24, 2.45) is 11.1 Å². The molecule has 1 aromatic rings. The number of rotatable bonds is 2. The molecule has 0 radical (unpaired) electrons. The van der Waals surface area contributed by atoms with Crippen molar-refractivity contribution < 1.29 is 4.52 Å². The average Bonchev–Trinajstić information content (AvgIpc) is 2.48. The zero-order chi connectivity index (χ0) is 10.9. The summed E-state index contributed by atoms with van der Waals surface area (Å²) in [4.78, 5) is 4.27. The van der Waals surface area contributed by atoms with E-state index in [2.05, 4.69) is 30.9 Å². The maximum absolute atomic E-state index is 6.00. The van der Waals surface area contributed by atoms with Crippen LogP contribution in [-0.4, -0.2) is 10.1 Å². The maximum Gasteiger partial charge on any atom is 0.229 e. The van der Waals surface area contributed by atoms with Crippen molar-refractivity contribution in [1.29, 1.82) is 0 Å². The van der Waals surface area contributed by atoms with Crippen LogP contribution in [0.1, 0.15) is 58.3 Å². The normalized spacial score (nSPS) is 14.8. The lowest BCUT2D eigenvalue weighted by molar-refractivity contribution is 0.299. The van der Waals surface area contributed by atoms with Crippen molar-refractivity contribution in [2.75, 3.05) is 0 Å². The van der Waals surface area contributed by atoms with Gasteiger partial charge in [0.05, 0.1) is 6.04 Å². The van der Waals surface area contributed by atoms with E-state index in [0.29, 0.717) is 11.7 Å². The van der Waals surface area contributed by atoms with Crippen molar-refractivity contribution in [3.05, 3.63) is 11.7 Å². The second kappa shape index (κ2) is 3.69. The molecule has 1 heterocycles. The van der Waals surface area contributed by atoms with Gasteiger partial charge in [0.1, 0.15) is 0 Å². The first-order chi connectivity index (χ1) is 6.32. The van der Waals surface area contributed by atoms with Gasteiger partial charge in [-0.3, -0.25) is 0 Å². The molecular formula is C10H19N3O. The third kappa shape index (κ3) is 2.32. The molecule has 0 aliphatic carbocycles. The highest BCUT2D eigenvalue weighted by molar-refractivity contribution is 4.99. The molecule has 14 heavy (non-hydrogen) atoms. The second-order valence-corrected chi connectivity index (χ2v) is 4.99. The smallest absolute Gasteiger partial charge is 0.229 e. The first-order valence-electron chi connectivity index (χ1n) is 4.91. The summed E-state index contributed by atoms with van der Waals surface area (Å²) in [6, 6.07) is -0.182. The Morgan fingerprint density at radius 2 is 1.86 bits per heavy atom. The Hall–Kier alpha value is -0.900. The van der Waals surface area contributed by atoms with Crippen LogP contribution in [0.4, 0.5) is 0 Å². The highest BCUT2D eigenvalue weighted by Crippen LogP contribution is 2.29. The largest absolute Gasteiger partial charge is 0.339 e. The van der Waals surface area contributed by atoms with Gasteiger partial charge in [-0.25, -0.2) is 0 Å². The van der Waals surface area contributed by atoms with Gasteiger partial charge in [0.25, 0.3) is 0 Å². The van der Waals surface area contributed by atoms with Gasteiger partial charge in [-0.1, -0.05) is 39.8 Å². The van der Waals surface area contributed by atoms with E-state index in [-0.39, 0.29) is 17.4 Å². The predicted octanol–water partition coefficient (Wildman–Crippen LogP) is 2.24. The standard InChI is InChI=1S/C10H19N3O/c1-6(2)9-12-8(13-14-9)7(11)10(3,4)5/h6-7H,11H2,1-5H3. The highest BCUT2D eigenvalue weighted by atomic mass is 16.5. The summed E-state index contributed by atoms with van der Waals surface area (Å²) in [5, 5.41) is 3.89. The van der Waals surface area contributed by atoms with E-state index in [4.69, 9.17) is 10.3 Å². The van der Waals surface area contributed by atoms with Gasteiger partial charge in [0, 0.05) is 5.92 Å². The van der Waals surface area contributed by atoms with Crippen LogP contribution in [0.2, 0.25) is 0 Å². The predicted molar refractivity (Wildman–Crippen MR) is 54.8 cm³/mol. The van der Waals surface area contributed by atoms with E-state index >= 15 is 0 Å².